The Kier molecular flexibility index (Phi) is 5.03. The van der Waals surface area contributed by atoms with Gasteiger partial charge in [0, 0.05) is 38.2 Å². The molecule has 10 heteroatoms. The number of likely N-dealkylation sites (tertiary alicyclic amines) is 1. The summed E-state index contributed by atoms with van der Waals surface area (Å²) in [6, 6.07) is 4.92. The van der Waals surface area contributed by atoms with Crippen molar-refractivity contribution in [2.45, 2.75) is 50.9 Å². The van der Waals surface area contributed by atoms with E-state index in [0.29, 0.717) is 25.1 Å². The number of nitrogens with zero attached hydrogens (tertiary/aromatic N) is 5. The van der Waals surface area contributed by atoms with Crippen molar-refractivity contribution in [3.63, 3.8) is 0 Å². The van der Waals surface area contributed by atoms with Crippen molar-refractivity contribution in [3.8, 4) is 5.69 Å². The normalized spacial score (nSPS) is 22.7. The molecule has 3 amide bonds. The first kappa shape index (κ1) is 19.8. The summed E-state index contributed by atoms with van der Waals surface area (Å²) in [6.45, 7) is 2.68. The largest absolute Gasteiger partial charge is 0.393 e. The average molecular weight is 424 g/mol. The van der Waals surface area contributed by atoms with E-state index in [9.17, 15) is 19.5 Å². The van der Waals surface area contributed by atoms with E-state index in [2.05, 4.69) is 20.5 Å². The second-order valence-electron chi connectivity index (χ2n) is 8.40. The second-order valence-corrected chi connectivity index (χ2v) is 8.40. The number of benzene rings is 1. The lowest BCUT2D eigenvalue weighted by Crippen LogP contribution is -2.52. The van der Waals surface area contributed by atoms with E-state index in [4.69, 9.17) is 0 Å². The highest BCUT2D eigenvalue weighted by Gasteiger charge is 2.39. The van der Waals surface area contributed by atoms with Gasteiger partial charge in [-0.25, -0.2) is 4.68 Å². The van der Waals surface area contributed by atoms with Gasteiger partial charge >= 0.3 is 0 Å². The maximum Gasteiger partial charge on any atom is 0.255 e. The Morgan fingerprint density at radius 2 is 1.94 bits per heavy atom. The minimum Gasteiger partial charge on any atom is -0.393 e. The number of carbonyl (C=O) groups excluding carboxylic acids is 3. The van der Waals surface area contributed by atoms with Gasteiger partial charge in [0.1, 0.15) is 6.04 Å². The van der Waals surface area contributed by atoms with Crippen molar-refractivity contribution in [1.29, 1.82) is 0 Å². The van der Waals surface area contributed by atoms with Crippen LogP contribution in [0.2, 0.25) is 0 Å². The van der Waals surface area contributed by atoms with E-state index in [1.807, 2.05) is 18.3 Å². The number of fused-ring (bicyclic) bond motifs is 1. The van der Waals surface area contributed by atoms with E-state index < -0.39 is 11.9 Å². The number of aliphatic hydroxyl groups is 1. The molecule has 2 fully saturated rings. The molecule has 0 bridgehead atoms. The van der Waals surface area contributed by atoms with Crippen molar-refractivity contribution in [1.82, 2.24) is 30.1 Å². The van der Waals surface area contributed by atoms with Gasteiger partial charge < -0.3 is 10.0 Å². The minimum atomic E-state index is -0.623. The molecule has 2 N–H and O–H groups in total. The molecule has 0 saturated carbocycles. The number of nitrogens with one attached hydrogen (secondary N) is 1. The Morgan fingerprint density at radius 1 is 1.13 bits per heavy atom. The van der Waals surface area contributed by atoms with Crippen LogP contribution in [0.3, 0.4) is 0 Å². The van der Waals surface area contributed by atoms with Crippen molar-refractivity contribution in [2.24, 2.45) is 0 Å². The zero-order valence-electron chi connectivity index (χ0n) is 17.0. The molecule has 2 saturated heterocycles. The van der Waals surface area contributed by atoms with Crippen LogP contribution in [0.1, 0.15) is 47.3 Å². The lowest BCUT2D eigenvalue weighted by Gasteiger charge is -2.29. The molecule has 3 aliphatic rings. The maximum absolute atomic E-state index is 13.0. The van der Waals surface area contributed by atoms with E-state index in [1.165, 1.54) is 4.90 Å². The van der Waals surface area contributed by atoms with Gasteiger partial charge in [-0.2, -0.15) is 0 Å². The fraction of sp³-hybridized carbons (Fsp3) is 0.476. The van der Waals surface area contributed by atoms with E-state index in [-0.39, 0.29) is 24.3 Å². The topological polar surface area (TPSA) is 121 Å². The third-order valence-electron chi connectivity index (χ3n) is 6.26. The number of piperidine rings is 2. The lowest BCUT2D eigenvalue weighted by molar-refractivity contribution is -0.136. The number of hydrogen-bond acceptors (Lipinski definition) is 7. The van der Waals surface area contributed by atoms with Crippen LogP contribution >= 0.6 is 0 Å². The van der Waals surface area contributed by atoms with Crippen LogP contribution in [0.5, 0.6) is 0 Å². The number of aliphatic hydroxyl groups excluding tert-OH is 1. The second kappa shape index (κ2) is 7.86. The molecule has 162 valence electrons. The molecular weight excluding hydrogens is 400 g/mol. The van der Waals surface area contributed by atoms with Gasteiger partial charge in [-0.1, -0.05) is 11.3 Å². The Morgan fingerprint density at radius 3 is 2.71 bits per heavy atom. The summed E-state index contributed by atoms with van der Waals surface area (Å²) in [5, 5.41) is 20.4. The van der Waals surface area contributed by atoms with Gasteiger partial charge in [0.25, 0.3) is 5.91 Å². The summed E-state index contributed by atoms with van der Waals surface area (Å²) in [5.74, 6) is -0.919. The molecule has 1 aromatic heterocycles. The van der Waals surface area contributed by atoms with Crippen molar-refractivity contribution >= 4 is 17.7 Å². The minimum absolute atomic E-state index is 0.210. The summed E-state index contributed by atoms with van der Waals surface area (Å²) in [6.07, 6.45) is 3.76. The molecule has 31 heavy (non-hydrogen) atoms. The summed E-state index contributed by atoms with van der Waals surface area (Å²) < 4.78 is 1.65. The first-order valence-corrected chi connectivity index (χ1v) is 10.6. The average Bonchev–Trinajstić information content (AvgIpc) is 3.34. The highest BCUT2D eigenvalue weighted by atomic mass is 16.3. The maximum atomic E-state index is 13.0. The zero-order valence-corrected chi connectivity index (χ0v) is 17.0. The molecule has 3 aliphatic heterocycles. The molecule has 1 unspecified atom stereocenters. The van der Waals surface area contributed by atoms with Gasteiger partial charge in [0.2, 0.25) is 11.8 Å². The molecule has 0 aliphatic carbocycles. The first-order chi connectivity index (χ1) is 15.0. The number of imide groups is 1. The molecule has 0 radical (unpaired) electrons. The van der Waals surface area contributed by atoms with Crippen molar-refractivity contribution in [3.05, 3.63) is 41.2 Å². The Hall–Kier alpha value is -3.11. The third-order valence-corrected chi connectivity index (χ3v) is 6.26. The zero-order chi connectivity index (χ0) is 21.5. The van der Waals surface area contributed by atoms with Crippen molar-refractivity contribution < 1.29 is 19.5 Å². The Bertz CT molecular complexity index is 1040. The molecule has 1 aromatic carbocycles. The van der Waals surface area contributed by atoms with Crippen molar-refractivity contribution in [2.75, 3.05) is 13.1 Å². The molecular formula is C21H24N6O4. The summed E-state index contributed by atoms with van der Waals surface area (Å²) in [4.78, 5) is 40.4. The van der Waals surface area contributed by atoms with Crippen LogP contribution in [-0.2, 0) is 22.7 Å². The molecule has 4 heterocycles. The third kappa shape index (κ3) is 3.84. The highest BCUT2D eigenvalue weighted by molar-refractivity contribution is 6.05. The van der Waals surface area contributed by atoms with Gasteiger partial charge in [-0.3, -0.25) is 24.6 Å². The SMILES string of the molecule is O=C1CCC(N2Cc3ccc(-n4cc(CN5CCC(O)CC5)nn4)cc3C2=O)C(=O)N1. The molecule has 5 rings (SSSR count). The van der Waals surface area contributed by atoms with Crippen LogP contribution in [0.4, 0.5) is 0 Å². The Balaban J connectivity index is 1.30. The van der Waals surface area contributed by atoms with Gasteiger partial charge in [0.05, 0.1) is 23.7 Å². The van der Waals surface area contributed by atoms with E-state index in [0.717, 1.165) is 42.9 Å². The highest BCUT2D eigenvalue weighted by Crippen LogP contribution is 2.29. The molecule has 10 nitrogen and oxygen atoms in total. The monoisotopic (exact) mass is 424 g/mol. The fourth-order valence-corrected chi connectivity index (χ4v) is 4.49. The van der Waals surface area contributed by atoms with Crippen LogP contribution in [0.15, 0.2) is 24.4 Å². The van der Waals surface area contributed by atoms with Gasteiger partial charge in [-0.15, -0.1) is 5.10 Å². The molecule has 2 aromatic rings. The number of hydrogen-bond donors (Lipinski definition) is 2. The van der Waals surface area contributed by atoms with Gasteiger partial charge in [-0.05, 0) is 37.0 Å². The number of aromatic nitrogens is 3. The predicted molar refractivity (Wildman–Crippen MR) is 108 cm³/mol. The van der Waals surface area contributed by atoms with E-state index >= 15 is 0 Å². The Labute approximate surface area is 178 Å². The standard InChI is InChI=1S/C21H24N6O4/c28-16-5-7-25(8-6-16)11-14-12-27(24-23-14)15-2-1-13-10-26(21(31)17(13)9-15)18-3-4-19(29)22-20(18)30/h1-2,9,12,16,18,28H,3-8,10-11H2,(H,22,29,30). The number of amides is 3. The van der Waals surface area contributed by atoms with E-state index in [1.54, 1.807) is 10.7 Å². The number of carbonyl (C=O) groups is 3. The fourth-order valence-electron chi connectivity index (χ4n) is 4.49. The molecule has 1 atom stereocenters. The summed E-state index contributed by atoms with van der Waals surface area (Å²) >= 11 is 0. The van der Waals surface area contributed by atoms with Crippen LogP contribution < -0.4 is 5.32 Å². The lowest BCUT2D eigenvalue weighted by atomic mass is 10.0. The summed E-state index contributed by atoms with van der Waals surface area (Å²) in [5.41, 5.74) is 2.95. The first-order valence-electron chi connectivity index (χ1n) is 10.6. The van der Waals surface area contributed by atoms with Gasteiger partial charge in [0.15, 0.2) is 0 Å². The van der Waals surface area contributed by atoms with Crippen LogP contribution in [0.25, 0.3) is 5.69 Å². The predicted octanol–water partition coefficient (Wildman–Crippen LogP) is -0.0150. The van der Waals surface area contributed by atoms with Crippen LogP contribution in [-0.4, -0.2) is 72.9 Å². The quantitative estimate of drug-likeness (QED) is 0.662. The molecule has 0 spiro atoms. The van der Waals surface area contributed by atoms with Crippen LogP contribution in [0, 0.1) is 0 Å². The number of rotatable bonds is 4. The summed E-state index contributed by atoms with van der Waals surface area (Å²) in [7, 11) is 0. The smallest absolute Gasteiger partial charge is 0.255 e.